The number of amides is 2. The first-order valence-electron chi connectivity index (χ1n) is 10.8. The van der Waals surface area contributed by atoms with Crippen molar-refractivity contribution in [2.45, 2.75) is 31.7 Å². The molecule has 7 heteroatoms. The zero-order valence-electron chi connectivity index (χ0n) is 16.8. The van der Waals surface area contributed by atoms with E-state index in [1.807, 2.05) is 4.90 Å². The van der Waals surface area contributed by atoms with Gasteiger partial charge in [0.2, 0.25) is 11.8 Å². The van der Waals surface area contributed by atoms with Gasteiger partial charge in [0, 0.05) is 44.6 Å². The number of carbonyl (C=O) groups is 2. The number of carbonyl (C=O) groups excluding carboxylic acids is 2. The molecule has 4 rings (SSSR count). The Kier molecular flexibility index (Phi) is 6.45. The molecule has 0 spiro atoms. The second-order valence-electron chi connectivity index (χ2n) is 8.33. The van der Waals surface area contributed by atoms with E-state index in [4.69, 9.17) is 4.74 Å². The average molecular weight is 403 g/mol. The number of hydrogen-bond donors (Lipinski definition) is 1. The molecule has 6 nitrogen and oxygen atoms in total. The van der Waals surface area contributed by atoms with E-state index >= 15 is 0 Å². The minimum Gasteiger partial charge on any atom is -0.379 e. The summed E-state index contributed by atoms with van der Waals surface area (Å²) in [5.74, 6) is 0.268. The van der Waals surface area contributed by atoms with Gasteiger partial charge in [-0.15, -0.1) is 0 Å². The molecule has 1 saturated carbocycles. The molecule has 1 aromatic rings. The molecule has 158 valence electrons. The summed E-state index contributed by atoms with van der Waals surface area (Å²) in [6, 6.07) is 6.53. The summed E-state index contributed by atoms with van der Waals surface area (Å²) in [6.07, 6.45) is 3.49. The van der Waals surface area contributed by atoms with Crippen LogP contribution in [0.1, 0.15) is 37.3 Å². The molecule has 2 saturated heterocycles. The third-order valence-corrected chi connectivity index (χ3v) is 6.31. The van der Waals surface area contributed by atoms with Crippen LogP contribution in [0.5, 0.6) is 0 Å². The maximum atomic E-state index is 13.4. The quantitative estimate of drug-likeness (QED) is 0.789. The molecule has 3 fully saturated rings. The van der Waals surface area contributed by atoms with Crippen molar-refractivity contribution in [2.24, 2.45) is 11.8 Å². The molecule has 2 heterocycles. The van der Waals surface area contributed by atoms with Crippen molar-refractivity contribution in [1.29, 1.82) is 0 Å². The van der Waals surface area contributed by atoms with Crippen LogP contribution in [0.15, 0.2) is 24.3 Å². The van der Waals surface area contributed by atoms with E-state index in [0.29, 0.717) is 32.8 Å². The van der Waals surface area contributed by atoms with Crippen molar-refractivity contribution in [1.82, 2.24) is 15.1 Å². The summed E-state index contributed by atoms with van der Waals surface area (Å²) < 4.78 is 18.8. The number of hydrogen-bond acceptors (Lipinski definition) is 4. The number of halogens is 1. The summed E-state index contributed by atoms with van der Waals surface area (Å²) in [4.78, 5) is 29.2. The standard InChI is InChI=1S/C22H30FN3O3/c23-19-5-3-16(4-6-19)20(25-11-13-29-14-12-25)15-24-21(27)17-7-9-26(10-8-17)22(28)18-1-2-18/h3-6,17-18,20H,1-2,7-15H2,(H,24,27). The maximum absolute atomic E-state index is 13.4. The molecular formula is C22H30FN3O3. The molecule has 1 N–H and O–H groups in total. The van der Waals surface area contributed by atoms with E-state index in [9.17, 15) is 14.0 Å². The topological polar surface area (TPSA) is 61.9 Å². The first kappa shape index (κ1) is 20.3. The Morgan fingerprint density at radius 1 is 1.00 bits per heavy atom. The zero-order chi connectivity index (χ0) is 20.2. The molecular weight excluding hydrogens is 373 g/mol. The lowest BCUT2D eigenvalue weighted by atomic mass is 9.95. The Labute approximate surface area is 171 Å². The van der Waals surface area contributed by atoms with E-state index in [0.717, 1.165) is 44.3 Å². The minimum atomic E-state index is -0.258. The highest BCUT2D eigenvalue weighted by atomic mass is 19.1. The van der Waals surface area contributed by atoms with Gasteiger partial charge in [0.05, 0.1) is 19.3 Å². The normalized spacial score (nSPS) is 22.3. The Morgan fingerprint density at radius 2 is 1.66 bits per heavy atom. The molecule has 2 aliphatic heterocycles. The largest absolute Gasteiger partial charge is 0.379 e. The smallest absolute Gasteiger partial charge is 0.225 e. The molecule has 1 unspecified atom stereocenters. The third kappa shape index (κ3) is 5.14. The number of piperidine rings is 1. The van der Waals surface area contributed by atoms with Gasteiger partial charge in [-0.3, -0.25) is 14.5 Å². The number of rotatable bonds is 6. The van der Waals surface area contributed by atoms with Crippen molar-refractivity contribution in [2.75, 3.05) is 45.9 Å². The van der Waals surface area contributed by atoms with E-state index in [1.54, 1.807) is 12.1 Å². The molecule has 1 atom stereocenters. The third-order valence-electron chi connectivity index (χ3n) is 6.31. The van der Waals surface area contributed by atoms with Crippen molar-refractivity contribution >= 4 is 11.8 Å². The summed E-state index contributed by atoms with van der Waals surface area (Å²) in [5.41, 5.74) is 0.999. The zero-order valence-corrected chi connectivity index (χ0v) is 16.8. The number of nitrogens with one attached hydrogen (secondary N) is 1. The van der Waals surface area contributed by atoms with Gasteiger partial charge >= 0.3 is 0 Å². The van der Waals surface area contributed by atoms with Crippen LogP contribution in [0, 0.1) is 17.7 Å². The van der Waals surface area contributed by atoms with Crippen LogP contribution in [0.2, 0.25) is 0 Å². The highest BCUT2D eigenvalue weighted by molar-refractivity contribution is 5.82. The summed E-state index contributed by atoms with van der Waals surface area (Å²) in [7, 11) is 0. The van der Waals surface area contributed by atoms with Crippen molar-refractivity contribution < 1.29 is 18.7 Å². The molecule has 2 amide bonds. The lowest BCUT2D eigenvalue weighted by Crippen LogP contribution is -2.47. The molecule has 1 aromatic carbocycles. The van der Waals surface area contributed by atoms with Crippen LogP contribution in [-0.4, -0.2) is 67.6 Å². The maximum Gasteiger partial charge on any atom is 0.225 e. The average Bonchev–Trinajstić information content (AvgIpc) is 3.61. The second-order valence-corrected chi connectivity index (χ2v) is 8.33. The predicted molar refractivity (Wildman–Crippen MR) is 107 cm³/mol. The van der Waals surface area contributed by atoms with Crippen LogP contribution in [-0.2, 0) is 14.3 Å². The van der Waals surface area contributed by atoms with Gasteiger partial charge in [0.15, 0.2) is 0 Å². The van der Waals surface area contributed by atoms with Crippen molar-refractivity contribution in [3.05, 3.63) is 35.6 Å². The monoisotopic (exact) mass is 403 g/mol. The Bertz CT molecular complexity index is 709. The fourth-order valence-corrected chi connectivity index (χ4v) is 4.32. The number of nitrogens with zero attached hydrogens (tertiary/aromatic N) is 2. The van der Waals surface area contributed by atoms with Gasteiger partial charge in [0.25, 0.3) is 0 Å². The highest BCUT2D eigenvalue weighted by Crippen LogP contribution is 2.32. The fraction of sp³-hybridized carbons (Fsp3) is 0.636. The van der Waals surface area contributed by atoms with E-state index < -0.39 is 0 Å². The Balaban J connectivity index is 1.32. The molecule has 29 heavy (non-hydrogen) atoms. The van der Waals surface area contributed by atoms with Crippen LogP contribution in [0.25, 0.3) is 0 Å². The van der Waals surface area contributed by atoms with Crippen molar-refractivity contribution in [3.8, 4) is 0 Å². The molecule has 3 aliphatic rings. The number of benzene rings is 1. The summed E-state index contributed by atoms with van der Waals surface area (Å²) in [5, 5.41) is 3.12. The van der Waals surface area contributed by atoms with Crippen LogP contribution >= 0.6 is 0 Å². The minimum absolute atomic E-state index is 0.0000154. The molecule has 0 bridgehead atoms. The summed E-state index contributed by atoms with van der Waals surface area (Å²) >= 11 is 0. The Morgan fingerprint density at radius 3 is 2.28 bits per heavy atom. The molecule has 0 radical (unpaired) electrons. The van der Waals surface area contributed by atoms with Gasteiger partial charge in [-0.05, 0) is 43.4 Å². The number of likely N-dealkylation sites (tertiary alicyclic amines) is 1. The first-order chi connectivity index (χ1) is 14.1. The highest BCUT2D eigenvalue weighted by Gasteiger charge is 2.36. The van der Waals surface area contributed by atoms with E-state index in [1.165, 1.54) is 12.1 Å². The number of ether oxygens (including phenoxy) is 1. The number of morpholine rings is 1. The van der Waals surface area contributed by atoms with Crippen LogP contribution < -0.4 is 5.32 Å². The van der Waals surface area contributed by atoms with Gasteiger partial charge in [-0.2, -0.15) is 0 Å². The lowest BCUT2D eigenvalue weighted by molar-refractivity contribution is -0.136. The van der Waals surface area contributed by atoms with Crippen LogP contribution in [0.3, 0.4) is 0 Å². The van der Waals surface area contributed by atoms with E-state index in [-0.39, 0.29) is 35.5 Å². The van der Waals surface area contributed by atoms with Crippen LogP contribution in [0.4, 0.5) is 4.39 Å². The van der Waals surface area contributed by atoms with E-state index in [2.05, 4.69) is 10.2 Å². The molecule has 0 aromatic heterocycles. The Hall–Kier alpha value is -1.99. The second kappa shape index (κ2) is 9.22. The SMILES string of the molecule is O=C(NCC(c1ccc(F)cc1)N1CCOCC1)C1CCN(C(=O)C2CC2)CC1. The van der Waals surface area contributed by atoms with Crippen molar-refractivity contribution in [3.63, 3.8) is 0 Å². The van der Waals surface area contributed by atoms with Gasteiger partial charge in [0.1, 0.15) is 5.82 Å². The first-order valence-corrected chi connectivity index (χ1v) is 10.8. The van der Waals surface area contributed by atoms with Gasteiger partial charge < -0.3 is 15.0 Å². The fourth-order valence-electron chi connectivity index (χ4n) is 4.32. The summed E-state index contributed by atoms with van der Waals surface area (Å²) in [6.45, 7) is 4.76. The predicted octanol–water partition coefficient (Wildman–Crippen LogP) is 1.96. The van der Waals surface area contributed by atoms with Gasteiger partial charge in [-0.25, -0.2) is 4.39 Å². The molecule has 1 aliphatic carbocycles. The lowest BCUT2D eigenvalue weighted by Gasteiger charge is -2.36. The van der Waals surface area contributed by atoms with Gasteiger partial charge in [-0.1, -0.05) is 12.1 Å².